The number of para-hydroxylation sites is 2. The summed E-state index contributed by atoms with van der Waals surface area (Å²) in [5.41, 5.74) is 2.53. The summed E-state index contributed by atoms with van der Waals surface area (Å²) >= 11 is 12.5. The third kappa shape index (κ3) is 3.86. The number of aliphatic hydroxyl groups excluding tert-OH is 1. The zero-order valence-electron chi connectivity index (χ0n) is 15.0. The lowest BCUT2D eigenvalue weighted by molar-refractivity contribution is -0.128. The topological polar surface area (TPSA) is 81.2 Å². The van der Waals surface area contributed by atoms with Gasteiger partial charge in [0.15, 0.2) is 0 Å². The molecule has 28 heavy (non-hydrogen) atoms. The van der Waals surface area contributed by atoms with Gasteiger partial charge in [-0.05, 0) is 30.7 Å². The van der Waals surface area contributed by atoms with E-state index in [2.05, 4.69) is 15.3 Å². The van der Waals surface area contributed by atoms with Gasteiger partial charge in [-0.2, -0.15) is 0 Å². The Bertz CT molecular complexity index is 954. The van der Waals surface area contributed by atoms with Crippen LogP contribution in [0.15, 0.2) is 42.5 Å². The molecule has 0 bridgehead atoms. The molecule has 1 saturated heterocycles. The molecule has 4 rings (SSSR count). The molecule has 6 nitrogen and oxygen atoms in total. The van der Waals surface area contributed by atoms with Gasteiger partial charge in [0.2, 0.25) is 5.91 Å². The molecule has 1 aliphatic heterocycles. The van der Waals surface area contributed by atoms with Crippen molar-refractivity contribution in [3.8, 4) is 0 Å². The monoisotopic (exact) mass is 418 g/mol. The number of H-pyrrole nitrogens is 1. The average molecular weight is 419 g/mol. The van der Waals surface area contributed by atoms with Crippen molar-refractivity contribution < 1.29 is 9.90 Å². The van der Waals surface area contributed by atoms with Gasteiger partial charge in [0.1, 0.15) is 11.9 Å². The standard InChI is InChI=1S/C20H20Cl2N4O2/c21-13-4-3-5-14(22)12(13)11-26-9-8-17(27)19(26)20(28)23-10-18-24-15-6-1-2-7-16(15)25-18/h1-7,17,19,27H,8-11H2,(H,23,28)(H,24,25)/t17-,19-/m0/s1. The molecule has 0 saturated carbocycles. The van der Waals surface area contributed by atoms with Gasteiger partial charge in [-0.1, -0.05) is 41.4 Å². The molecule has 2 aromatic carbocycles. The third-order valence-corrected chi connectivity index (χ3v) is 5.74. The maximum atomic E-state index is 12.8. The largest absolute Gasteiger partial charge is 0.391 e. The van der Waals surface area contributed by atoms with Gasteiger partial charge in [0, 0.05) is 28.7 Å². The number of hydrogen-bond donors (Lipinski definition) is 3. The molecule has 1 amide bonds. The Kier molecular flexibility index (Phi) is 5.55. The average Bonchev–Trinajstić information content (AvgIpc) is 3.26. The van der Waals surface area contributed by atoms with E-state index in [4.69, 9.17) is 23.2 Å². The number of imidazole rings is 1. The van der Waals surface area contributed by atoms with E-state index >= 15 is 0 Å². The van der Waals surface area contributed by atoms with Gasteiger partial charge < -0.3 is 15.4 Å². The van der Waals surface area contributed by atoms with Crippen LogP contribution < -0.4 is 5.32 Å². The summed E-state index contributed by atoms with van der Waals surface area (Å²) in [6, 6.07) is 12.4. The van der Waals surface area contributed by atoms with Gasteiger partial charge in [0.05, 0.1) is 23.7 Å². The molecule has 1 aliphatic rings. The molecule has 3 N–H and O–H groups in total. The smallest absolute Gasteiger partial charge is 0.240 e. The predicted molar refractivity (Wildman–Crippen MR) is 109 cm³/mol. The molecule has 0 unspecified atom stereocenters. The number of aliphatic hydroxyl groups is 1. The number of likely N-dealkylation sites (tertiary alicyclic amines) is 1. The number of aromatic amines is 1. The van der Waals surface area contributed by atoms with Crippen LogP contribution in [0.5, 0.6) is 0 Å². The van der Waals surface area contributed by atoms with E-state index in [0.29, 0.717) is 35.4 Å². The molecule has 0 radical (unpaired) electrons. The minimum Gasteiger partial charge on any atom is -0.391 e. The second-order valence-electron chi connectivity index (χ2n) is 6.89. The van der Waals surface area contributed by atoms with Crippen LogP contribution >= 0.6 is 23.2 Å². The Morgan fingerprint density at radius 2 is 1.96 bits per heavy atom. The van der Waals surface area contributed by atoms with Gasteiger partial charge >= 0.3 is 0 Å². The van der Waals surface area contributed by atoms with Gasteiger partial charge in [-0.25, -0.2) is 4.98 Å². The van der Waals surface area contributed by atoms with Crippen LogP contribution in [-0.4, -0.2) is 44.6 Å². The van der Waals surface area contributed by atoms with Crippen LogP contribution in [0.3, 0.4) is 0 Å². The first-order valence-corrected chi connectivity index (χ1v) is 9.85. The van der Waals surface area contributed by atoms with Crippen molar-refractivity contribution in [3.05, 3.63) is 63.9 Å². The summed E-state index contributed by atoms with van der Waals surface area (Å²) in [6.07, 6.45) is -0.220. The molecular formula is C20H20Cl2N4O2. The van der Waals surface area contributed by atoms with Crippen molar-refractivity contribution in [1.82, 2.24) is 20.2 Å². The summed E-state index contributed by atoms with van der Waals surface area (Å²) in [4.78, 5) is 22.3. The molecule has 146 valence electrons. The molecule has 2 heterocycles. The number of hydrogen-bond acceptors (Lipinski definition) is 4. The Labute approximate surface area is 172 Å². The number of amides is 1. The molecule has 0 aliphatic carbocycles. The highest BCUT2D eigenvalue weighted by atomic mass is 35.5. The SMILES string of the molecule is O=C(NCc1nc2ccccc2[nH]1)[C@@H]1[C@@H](O)CCN1Cc1c(Cl)cccc1Cl. The Balaban J connectivity index is 1.45. The highest BCUT2D eigenvalue weighted by Crippen LogP contribution is 2.29. The van der Waals surface area contributed by atoms with Crippen LogP contribution in [0.2, 0.25) is 10.0 Å². The highest BCUT2D eigenvalue weighted by Gasteiger charge is 2.38. The quantitative estimate of drug-likeness (QED) is 0.594. The van der Waals surface area contributed by atoms with Crippen molar-refractivity contribution >= 4 is 40.1 Å². The Morgan fingerprint density at radius 1 is 1.21 bits per heavy atom. The van der Waals surface area contributed by atoms with Gasteiger partial charge in [-0.3, -0.25) is 9.69 Å². The third-order valence-electron chi connectivity index (χ3n) is 5.03. The maximum Gasteiger partial charge on any atom is 0.240 e. The van der Waals surface area contributed by atoms with Crippen LogP contribution in [-0.2, 0) is 17.9 Å². The van der Waals surface area contributed by atoms with Crippen molar-refractivity contribution in [2.45, 2.75) is 31.7 Å². The number of carbonyl (C=O) groups is 1. The minimum atomic E-state index is -0.739. The van der Waals surface area contributed by atoms with Crippen LogP contribution in [0.1, 0.15) is 17.8 Å². The summed E-state index contributed by atoms with van der Waals surface area (Å²) < 4.78 is 0. The van der Waals surface area contributed by atoms with E-state index in [1.54, 1.807) is 18.2 Å². The first-order chi connectivity index (χ1) is 13.5. The summed E-state index contributed by atoms with van der Waals surface area (Å²) in [5, 5.41) is 14.3. The molecular weight excluding hydrogens is 399 g/mol. The lowest BCUT2D eigenvalue weighted by Crippen LogP contribution is -2.47. The number of benzene rings is 2. The number of aromatic nitrogens is 2. The molecule has 8 heteroatoms. The first kappa shape index (κ1) is 19.2. The van der Waals surface area contributed by atoms with Crippen molar-refractivity contribution in [2.75, 3.05) is 6.54 Å². The summed E-state index contributed by atoms with van der Waals surface area (Å²) in [7, 11) is 0. The summed E-state index contributed by atoms with van der Waals surface area (Å²) in [6.45, 7) is 1.25. The molecule has 2 atom stereocenters. The van der Waals surface area contributed by atoms with E-state index in [1.165, 1.54) is 0 Å². The fourth-order valence-corrected chi connectivity index (χ4v) is 4.12. The molecule has 1 fully saturated rings. The summed E-state index contributed by atoms with van der Waals surface area (Å²) in [5.74, 6) is 0.427. The predicted octanol–water partition coefficient (Wildman–Crippen LogP) is 3.12. The molecule has 0 spiro atoms. The Morgan fingerprint density at radius 3 is 2.71 bits per heavy atom. The maximum absolute atomic E-state index is 12.8. The fraction of sp³-hybridized carbons (Fsp3) is 0.300. The van der Waals surface area contributed by atoms with Gasteiger partial charge in [-0.15, -0.1) is 0 Å². The number of nitrogens with zero attached hydrogens (tertiary/aromatic N) is 2. The van der Waals surface area contributed by atoms with E-state index in [0.717, 1.165) is 16.6 Å². The normalized spacial score (nSPS) is 20.0. The lowest BCUT2D eigenvalue weighted by atomic mass is 10.1. The van der Waals surface area contributed by atoms with Crippen LogP contribution in [0, 0.1) is 0 Å². The van der Waals surface area contributed by atoms with Crippen molar-refractivity contribution in [1.29, 1.82) is 0 Å². The van der Waals surface area contributed by atoms with E-state index in [1.807, 2.05) is 29.2 Å². The molecule has 1 aromatic heterocycles. The zero-order valence-corrected chi connectivity index (χ0v) is 16.5. The van der Waals surface area contributed by atoms with Crippen LogP contribution in [0.25, 0.3) is 11.0 Å². The zero-order chi connectivity index (χ0) is 19.7. The van der Waals surface area contributed by atoms with E-state index in [9.17, 15) is 9.90 Å². The van der Waals surface area contributed by atoms with Crippen LogP contribution in [0.4, 0.5) is 0 Å². The minimum absolute atomic E-state index is 0.242. The highest BCUT2D eigenvalue weighted by molar-refractivity contribution is 6.35. The number of rotatable bonds is 5. The fourth-order valence-electron chi connectivity index (χ4n) is 3.61. The second kappa shape index (κ2) is 8.09. The number of nitrogens with one attached hydrogen (secondary N) is 2. The number of carbonyl (C=O) groups excluding carboxylic acids is 1. The number of halogens is 2. The first-order valence-electron chi connectivity index (χ1n) is 9.09. The number of fused-ring (bicyclic) bond motifs is 1. The van der Waals surface area contributed by atoms with Crippen molar-refractivity contribution in [2.24, 2.45) is 0 Å². The Hall–Kier alpha value is -2.12. The van der Waals surface area contributed by atoms with Gasteiger partial charge in [0.25, 0.3) is 0 Å². The van der Waals surface area contributed by atoms with Crippen molar-refractivity contribution in [3.63, 3.8) is 0 Å². The lowest BCUT2D eigenvalue weighted by Gasteiger charge is -2.26. The molecule has 3 aromatic rings. The van der Waals surface area contributed by atoms with E-state index < -0.39 is 12.1 Å². The van der Waals surface area contributed by atoms with E-state index in [-0.39, 0.29) is 12.5 Å². The second-order valence-corrected chi connectivity index (χ2v) is 7.70.